The minimum absolute atomic E-state index is 0.255. The molecule has 0 rings (SSSR count). The maximum absolute atomic E-state index is 8.43. The number of nitrogens with one attached hydrogen (secondary N) is 1. The van der Waals surface area contributed by atoms with Crippen molar-refractivity contribution in [2.45, 2.75) is 6.00 Å². The van der Waals surface area contributed by atoms with E-state index in [1.165, 1.54) is 7.00 Å². The summed E-state index contributed by atoms with van der Waals surface area (Å²) >= 11 is 0. The summed E-state index contributed by atoms with van der Waals surface area (Å²) in [5, 5.41) is 23.0. The van der Waals surface area contributed by atoms with Crippen molar-refractivity contribution in [1.82, 2.24) is 0 Å². The molecule has 0 aliphatic heterocycles. The first kappa shape index (κ1) is 7.08. The Kier molecular flexibility index (Phi) is 4.30. The van der Waals surface area contributed by atoms with Gasteiger partial charge in [-0.3, -0.25) is 5.16 Å². The Balaban J connectivity index is 2.98. The lowest BCUT2D eigenvalue weighted by Crippen LogP contribution is -2.15. The van der Waals surface area contributed by atoms with Gasteiger partial charge in [-0.25, -0.2) is 0 Å². The van der Waals surface area contributed by atoms with Gasteiger partial charge >= 0.3 is 0 Å². The Morgan fingerprint density at radius 1 is 1.86 bits per heavy atom. The van der Waals surface area contributed by atoms with Gasteiger partial charge in [-0.15, -0.1) is 0 Å². The second kappa shape index (κ2) is 4.25. The van der Waals surface area contributed by atoms with Crippen LogP contribution in [0.5, 0.6) is 0 Å². The molecule has 0 amide bonds. The van der Waals surface area contributed by atoms with E-state index in [9.17, 15) is 0 Å². The van der Waals surface area contributed by atoms with Crippen LogP contribution in [-0.2, 0) is 0 Å². The van der Waals surface area contributed by atoms with Crippen LogP contribution < -0.4 is 0 Å². The summed E-state index contributed by atoms with van der Waals surface area (Å²) in [6.45, 7) is 1.01. The first-order valence-corrected chi connectivity index (χ1v) is 2.76. The molecule has 0 aromatic rings. The minimum atomic E-state index is -0.820. The SMILES string of the molecule is N=P[B]C(O)CO. The molecule has 5 heteroatoms. The average molecular weight is 118 g/mol. The number of hydrogen-bond donors (Lipinski definition) is 3. The standard InChI is InChI=1S/C2H6BNO2P/c4-7-3-2(6)1-5/h2,4-6H,1H2. The molecule has 7 heavy (non-hydrogen) atoms. The second-order valence-corrected chi connectivity index (χ2v) is 1.58. The molecule has 3 nitrogen and oxygen atoms in total. The summed E-state index contributed by atoms with van der Waals surface area (Å²) in [7, 11) is 0.255. The molecule has 0 saturated heterocycles. The van der Waals surface area contributed by atoms with Gasteiger partial charge in [0.2, 0.25) is 7.00 Å². The Bertz CT molecular complexity index is 61.7. The van der Waals surface area contributed by atoms with Gasteiger partial charge in [0.15, 0.2) is 0 Å². The molecule has 1 atom stereocenters. The molecule has 39 valence electrons. The normalized spacial score (nSPS) is 14.0. The topological polar surface area (TPSA) is 64.3 Å². The molecule has 0 heterocycles. The predicted octanol–water partition coefficient (Wildman–Crippen LogP) is -0.375. The van der Waals surface area contributed by atoms with Gasteiger partial charge in [0.05, 0.1) is 12.6 Å². The van der Waals surface area contributed by atoms with E-state index in [2.05, 4.69) is 0 Å². The average Bonchev–Trinajstić information content (AvgIpc) is 1.68. The largest absolute Gasteiger partial charge is 0.399 e. The van der Waals surface area contributed by atoms with Gasteiger partial charge in [-0.2, -0.15) is 0 Å². The smallest absolute Gasteiger partial charge is 0.248 e. The fourth-order valence-electron chi connectivity index (χ4n) is 0.133. The molecule has 0 fully saturated rings. The number of hydrogen-bond acceptors (Lipinski definition) is 3. The van der Waals surface area contributed by atoms with Crippen LogP contribution in [-0.4, -0.2) is 29.8 Å². The number of aliphatic hydroxyl groups is 2. The number of aliphatic hydroxyl groups excluding tert-OH is 2. The van der Waals surface area contributed by atoms with Crippen LogP contribution in [0, 0.1) is 5.16 Å². The highest BCUT2D eigenvalue weighted by Gasteiger charge is 1.99. The Hall–Kier alpha value is 0.0849. The van der Waals surface area contributed by atoms with E-state index in [-0.39, 0.29) is 14.9 Å². The first-order chi connectivity index (χ1) is 3.31. The van der Waals surface area contributed by atoms with Crippen molar-refractivity contribution < 1.29 is 10.2 Å². The lowest BCUT2D eigenvalue weighted by atomic mass is 10.00. The summed E-state index contributed by atoms with van der Waals surface area (Å²) in [5.74, 6) is 0. The summed E-state index contributed by atoms with van der Waals surface area (Å²) in [5.41, 5.74) is 0. The van der Waals surface area contributed by atoms with Crippen LogP contribution in [0.15, 0.2) is 0 Å². The van der Waals surface area contributed by atoms with E-state index >= 15 is 0 Å². The molecule has 0 bridgehead atoms. The quantitative estimate of drug-likeness (QED) is 0.349. The summed E-state index contributed by atoms with van der Waals surface area (Å²) in [6.07, 6.45) is 0. The highest BCUT2D eigenvalue weighted by atomic mass is 31.1. The molecule has 0 aromatic carbocycles. The van der Waals surface area contributed by atoms with E-state index in [0.717, 1.165) is 0 Å². The number of rotatable bonds is 3. The fraction of sp³-hybridized carbons (Fsp3) is 1.00. The Labute approximate surface area is 44.2 Å². The molecule has 0 spiro atoms. The van der Waals surface area contributed by atoms with Crippen molar-refractivity contribution in [2.24, 2.45) is 0 Å². The van der Waals surface area contributed by atoms with Crippen molar-refractivity contribution in [3.63, 3.8) is 0 Å². The molecule has 0 aliphatic rings. The highest BCUT2D eigenvalue weighted by Crippen LogP contribution is 1.90. The fourth-order valence-corrected chi connectivity index (χ4v) is 0.400. The van der Waals surface area contributed by atoms with Crippen LogP contribution in [0.25, 0.3) is 0 Å². The Morgan fingerprint density at radius 3 is 2.57 bits per heavy atom. The third-order valence-electron chi connectivity index (χ3n) is 0.434. The summed E-state index contributed by atoms with van der Waals surface area (Å²) < 4.78 is 0. The zero-order valence-electron chi connectivity index (χ0n) is 3.70. The molecule has 1 unspecified atom stereocenters. The van der Waals surface area contributed by atoms with Crippen molar-refractivity contribution >= 4 is 15.3 Å². The molecule has 0 aromatic heterocycles. The molecule has 3 N–H and O–H groups in total. The lowest BCUT2D eigenvalue weighted by molar-refractivity contribution is 0.154. The highest BCUT2D eigenvalue weighted by molar-refractivity contribution is 7.62. The van der Waals surface area contributed by atoms with Crippen molar-refractivity contribution in [3.05, 3.63) is 0 Å². The van der Waals surface area contributed by atoms with Crippen LogP contribution >= 0.6 is 8.25 Å². The van der Waals surface area contributed by atoms with Crippen LogP contribution in [0.1, 0.15) is 0 Å². The van der Waals surface area contributed by atoms with Gasteiger partial charge in [-0.05, 0) is 0 Å². The third kappa shape index (κ3) is 3.93. The van der Waals surface area contributed by atoms with Gasteiger partial charge in [0.1, 0.15) is 0 Å². The van der Waals surface area contributed by atoms with E-state index in [1.54, 1.807) is 0 Å². The molecule has 0 aliphatic carbocycles. The summed E-state index contributed by atoms with van der Waals surface area (Å²) in [4.78, 5) is 0. The van der Waals surface area contributed by atoms with Crippen molar-refractivity contribution in [2.75, 3.05) is 6.61 Å². The van der Waals surface area contributed by atoms with Crippen LogP contribution in [0.3, 0.4) is 0 Å². The second-order valence-electron chi connectivity index (χ2n) is 1.03. The van der Waals surface area contributed by atoms with Gasteiger partial charge < -0.3 is 10.2 Å². The zero-order valence-corrected chi connectivity index (χ0v) is 4.60. The minimum Gasteiger partial charge on any atom is -0.399 e. The lowest BCUT2D eigenvalue weighted by Gasteiger charge is -1.95. The van der Waals surface area contributed by atoms with E-state index < -0.39 is 6.00 Å². The summed E-state index contributed by atoms with van der Waals surface area (Å²) in [6, 6.07) is -0.820. The maximum Gasteiger partial charge on any atom is 0.248 e. The monoisotopic (exact) mass is 118 g/mol. The molecular weight excluding hydrogens is 112 g/mol. The van der Waals surface area contributed by atoms with E-state index in [4.69, 9.17) is 15.4 Å². The maximum atomic E-state index is 8.43. The molecule has 0 saturated carbocycles. The van der Waals surface area contributed by atoms with E-state index in [1.807, 2.05) is 0 Å². The zero-order chi connectivity index (χ0) is 5.70. The van der Waals surface area contributed by atoms with E-state index in [0.29, 0.717) is 0 Å². The van der Waals surface area contributed by atoms with Crippen LogP contribution in [0.4, 0.5) is 0 Å². The molecule has 1 radical (unpaired) electrons. The van der Waals surface area contributed by atoms with Gasteiger partial charge in [-0.1, -0.05) is 8.25 Å². The first-order valence-electron chi connectivity index (χ1n) is 1.80. The third-order valence-corrected chi connectivity index (χ3v) is 0.927. The van der Waals surface area contributed by atoms with Crippen LogP contribution in [0.2, 0.25) is 0 Å². The van der Waals surface area contributed by atoms with Gasteiger partial charge in [0, 0.05) is 0 Å². The molecular formula is C2H6BNO2P. The van der Waals surface area contributed by atoms with Crippen molar-refractivity contribution in [1.29, 1.82) is 5.16 Å². The van der Waals surface area contributed by atoms with Gasteiger partial charge in [0.25, 0.3) is 0 Å². The van der Waals surface area contributed by atoms with Crippen molar-refractivity contribution in [3.8, 4) is 0 Å². The predicted molar refractivity (Wildman–Crippen MR) is 28.5 cm³/mol. The Morgan fingerprint density at radius 2 is 2.43 bits per heavy atom.